The van der Waals surface area contributed by atoms with Crippen LogP contribution in [0.2, 0.25) is 0 Å². The van der Waals surface area contributed by atoms with Gasteiger partial charge in [-0.3, -0.25) is 9.89 Å². The summed E-state index contributed by atoms with van der Waals surface area (Å²) in [6, 6.07) is 9.96. The van der Waals surface area contributed by atoms with Crippen LogP contribution < -0.4 is 10.1 Å². The second-order valence-electron chi connectivity index (χ2n) is 7.86. The summed E-state index contributed by atoms with van der Waals surface area (Å²) >= 11 is 1.74. The number of rotatable bonds is 9. The van der Waals surface area contributed by atoms with Crippen molar-refractivity contribution in [3.05, 3.63) is 46.4 Å². The summed E-state index contributed by atoms with van der Waals surface area (Å²) in [7, 11) is 2.08. The highest BCUT2D eigenvalue weighted by Crippen LogP contribution is 2.20. The number of likely N-dealkylation sites (tertiary alicyclic amines) is 1. The Morgan fingerprint density at radius 3 is 2.73 bits per heavy atom. The molecule has 0 aliphatic carbocycles. The normalized spacial score (nSPS) is 15.9. The zero-order valence-electron chi connectivity index (χ0n) is 18.5. The number of aromatic nitrogens is 1. The minimum absolute atomic E-state index is 0.638. The standard InChI is InChI=1S/C23H35N5OS/c1-4-24-23(27(3)14-15-29-22-8-6-5-7-9-22)25-16-20-10-12-28(13-11-20)17-21-18-30-19(2)26-21/h5-9,18,20H,4,10-17H2,1-3H3,(H,24,25). The van der Waals surface area contributed by atoms with E-state index >= 15 is 0 Å². The molecule has 0 unspecified atom stereocenters. The van der Waals surface area contributed by atoms with E-state index in [-0.39, 0.29) is 0 Å². The fourth-order valence-corrected chi connectivity index (χ4v) is 4.25. The molecule has 0 spiro atoms. The lowest BCUT2D eigenvalue weighted by Crippen LogP contribution is -2.41. The quantitative estimate of drug-likeness (QED) is 0.487. The van der Waals surface area contributed by atoms with Gasteiger partial charge in [0.05, 0.1) is 17.2 Å². The molecule has 3 rings (SSSR count). The summed E-state index contributed by atoms with van der Waals surface area (Å²) in [4.78, 5) is 14.2. The van der Waals surface area contributed by atoms with E-state index in [2.05, 4.69) is 46.4 Å². The van der Waals surface area contributed by atoms with Gasteiger partial charge in [-0.15, -0.1) is 11.3 Å². The van der Waals surface area contributed by atoms with Gasteiger partial charge in [0.2, 0.25) is 0 Å². The van der Waals surface area contributed by atoms with Gasteiger partial charge in [-0.05, 0) is 57.8 Å². The smallest absolute Gasteiger partial charge is 0.193 e. The monoisotopic (exact) mass is 429 g/mol. The Balaban J connectivity index is 1.41. The fraction of sp³-hybridized carbons (Fsp3) is 0.565. The third kappa shape index (κ3) is 7.29. The third-order valence-corrected chi connectivity index (χ3v) is 6.22. The van der Waals surface area contributed by atoms with Gasteiger partial charge in [-0.1, -0.05) is 18.2 Å². The molecular weight excluding hydrogens is 394 g/mol. The molecule has 0 atom stereocenters. The first kappa shape index (κ1) is 22.6. The molecule has 0 saturated carbocycles. The predicted molar refractivity (Wildman–Crippen MR) is 125 cm³/mol. The molecule has 164 valence electrons. The minimum atomic E-state index is 0.638. The van der Waals surface area contributed by atoms with Gasteiger partial charge in [0.15, 0.2) is 5.96 Å². The second kappa shape index (κ2) is 11.9. The van der Waals surface area contributed by atoms with Crippen LogP contribution in [0.15, 0.2) is 40.7 Å². The van der Waals surface area contributed by atoms with Gasteiger partial charge in [-0.2, -0.15) is 0 Å². The van der Waals surface area contributed by atoms with Crippen LogP contribution in [0.3, 0.4) is 0 Å². The molecule has 2 heterocycles. The van der Waals surface area contributed by atoms with E-state index in [1.165, 1.54) is 18.5 Å². The maximum Gasteiger partial charge on any atom is 0.193 e. The van der Waals surface area contributed by atoms with Gasteiger partial charge >= 0.3 is 0 Å². The van der Waals surface area contributed by atoms with E-state index in [1.54, 1.807) is 11.3 Å². The Hall–Kier alpha value is -2.12. The highest BCUT2D eigenvalue weighted by Gasteiger charge is 2.20. The number of nitrogens with one attached hydrogen (secondary N) is 1. The van der Waals surface area contributed by atoms with Crippen molar-refractivity contribution in [3.63, 3.8) is 0 Å². The van der Waals surface area contributed by atoms with E-state index in [4.69, 9.17) is 9.73 Å². The number of guanidine groups is 1. The molecule has 1 aliphatic rings. The van der Waals surface area contributed by atoms with E-state index in [0.717, 1.165) is 56.0 Å². The zero-order chi connectivity index (χ0) is 21.2. The summed E-state index contributed by atoms with van der Waals surface area (Å²) < 4.78 is 5.83. The van der Waals surface area contributed by atoms with Gasteiger partial charge in [0.1, 0.15) is 12.4 Å². The van der Waals surface area contributed by atoms with Crippen LogP contribution in [-0.2, 0) is 6.54 Å². The van der Waals surface area contributed by atoms with Crippen LogP contribution in [0.4, 0.5) is 0 Å². The minimum Gasteiger partial charge on any atom is -0.492 e. The van der Waals surface area contributed by atoms with Crippen LogP contribution in [-0.4, -0.2) is 67.1 Å². The molecule has 0 radical (unpaired) electrons. The molecular formula is C23H35N5OS. The van der Waals surface area contributed by atoms with Gasteiger partial charge in [0.25, 0.3) is 0 Å². The predicted octanol–water partition coefficient (Wildman–Crippen LogP) is 3.64. The molecule has 1 aromatic carbocycles. The van der Waals surface area contributed by atoms with Crippen LogP contribution in [0.5, 0.6) is 5.75 Å². The van der Waals surface area contributed by atoms with Gasteiger partial charge in [-0.25, -0.2) is 4.98 Å². The number of para-hydroxylation sites is 1. The maximum absolute atomic E-state index is 5.83. The maximum atomic E-state index is 5.83. The van der Waals surface area contributed by atoms with Gasteiger partial charge in [0, 0.05) is 32.1 Å². The number of aliphatic imine (C=N–C) groups is 1. The molecule has 1 fully saturated rings. The number of nitrogens with zero attached hydrogens (tertiary/aromatic N) is 4. The average Bonchev–Trinajstić information content (AvgIpc) is 3.17. The number of hydrogen-bond donors (Lipinski definition) is 1. The third-order valence-electron chi connectivity index (χ3n) is 5.39. The van der Waals surface area contributed by atoms with Crippen molar-refractivity contribution in [1.82, 2.24) is 20.1 Å². The molecule has 0 amide bonds. The molecule has 1 aromatic heterocycles. The summed E-state index contributed by atoms with van der Waals surface area (Å²) in [6.45, 7) is 10.6. The van der Waals surface area contributed by atoms with Crippen LogP contribution in [0, 0.1) is 12.8 Å². The molecule has 2 aromatic rings. The Morgan fingerprint density at radius 1 is 1.30 bits per heavy atom. The number of thiazole rings is 1. The van der Waals surface area contributed by atoms with E-state index in [9.17, 15) is 0 Å². The molecule has 7 heteroatoms. The number of piperidine rings is 1. The Morgan fingerprint density at radius 2 is 2.07 bits per heavy atom. The lowest BCUT2D eigenvalue weighted by Gasteiger charge is -2.31. The number of ether oxygens (including phenoxy) is 1. The lowest BCUT2D eigenvalue weighted by molar-refractivity contribution is 0.179. The Bertz CT molecular complexity index is 771. The zero-order valence-corrected chi connectivity index (χ0v) is 19.3. The first-order chi connectivity index (χ1) is 14.6. The number of hydrogen-bond acceptors (Lipinski definition) is 5. The summed E-state index contributed by atoms with van der Waals surface area (Å²) in [6.07, 6.45) is 2.40. The highest BCUT2D eigenvalue weighted by molar-refractivity contribution is 7.09. The van der Waals surface area contributed by atoms with Crippen molar-refractivity contribution < 1.29 is 4.74 Å². The summed E-state index contributed by atoms with van der Waals surface area (Å²) in [5, 5.41) is 6.76. The first-order valence-corrected chi connectivity index (χ1v) is 11.8. The summed E-state index contributed by atoms with van der Waals surface area (Å²) in [5.41, 5.74) is 1.21. The summed E-state index contributed by atoms with van der Waals surface area (Å²) in [5.74, 6) is 2.53. The van der Waals surface area contributed by atoms with Crippen molar-refractivity contribution in [2.75, 3.05) is 46.4 Å². The van der Waals surface area contributed by atoms with E-state index < -0.39 is 0 Å². The van der Waals surface area contributed by atoms with Crippen molar-refractivity contribution in [2.24, 2.45) is 10.9 Å². The molecule has 6 nitrogen and oxygen atoms in total. The van der Waals surface area contributed by atoms with Crippen molar-refractivity contribution in [3.8, 4) is 5.75 Å². The van der Waals surface area contributed by atoms with Crippen molar-refractivity contribution >= 4 is 17.3 Å². The highest BCUT2D eigenvalue weighted by atomic mass is 32.1. The molecule has 1 aliphatic heterocycles. The van der Waals surface area contributed by atoms with Crippen molar-refractivity contribution in [2.45, 2.75) is 33.2 Å². The van der Waals surface area contributed by atoms with Gasteiger partial charge < -0.3 is 15.0 Å². The largest absolute Gasteiger partial charge is 0.492 e. The Labute approximate surface area is 185 Å². The number of benzene rings is 1. The Kier molecular flexibility index (Phi) is 8.96. The van der Waals surface area contributed by atoms with Crippen LogP contribution >= 0.6 is 11.3 Å². The second-order valence-corrected chi connectivity index (χ2v) is 8.92. The molecule has 0 bridgehead atoms. The van der Waals surface area contributed by atoms with Crippen LogP contribution in [0.1, 0.15) is 30.5 Å². The topological polar surface area (TPSA) is 53.0 Å². The molecule has 1 N–H and O–H groups in total. The molecule has 1 saturated heterocycles. The average molecular weight is 430 g/mol. The number of aryl methyl sites for hydroxylation is 1. The van der Waals surface area contributed by atoms with Crippen LogP contribution in [0.25, 0.3) is 0 Å². The lowest BCUT2D eigenvalue weighted by atomic mass is 9.97. The van der Waals surface area contributed by atoms with Crippen molar-refractivity contribution in [1.29, 1.82) is 0 Å². The number of likely N-dealkylation sites (N-methyl/N-ethyl adjacent to an activating group) is 1. The SMILES string of the molecule is CCNC(=NCC1CCN(Cc2csc(C)n2)CC1)N(C)CCOc1ccccc1. The first-order valence-electron chi connectivity index (χ1n) is 10.9. The van der Waals surface area contributed by atoms with E-state index in [1.807, 2.05) is 30.3 Å². The molecule has 30 heavy (non-hydrogen) atoms. The fourth-order valence-electron chi connectivity index (χ4n) is 3.65. The van der Waals surface area contributed by atoms with E-state index in [0.29, 0.717) is 12.5 Å².